The minimum atomic E-state index is -0.341. The number of fused-ring (bicyclic) bond motifs is 6. The van der Waals surface area contributed by atoms with Gasteiger partial charge in [0, 0.05) is 138 Å². The second kappa shape index (κ2) is 34.4. The van der Waals surface area contributed by atoms with Gasteiger partial charge >= 0.3 is 12.1 Å². The zero-order valence-electron chi connectivity index (χ0n) is 65.0. The van der Waals surface area contributed by atoms with Gasteiger partial charge in [-0.1, -0.05) is 146 Å². The van der Waals surface area contributed by atoms with Crippen molar-refractivity contribution in [3.63, 3.8) is 0 Å². The van der Waals surface area contributed by atoms with Crippen molar-refractivity contribution in [2.45, 2.75) is 116 Å². The molecule has 0 spiro atoms. The highest BCUT2D eigenvalue weighted by atomic mass is 16.5. The summed E-state index contributed by atoms with van der Waals surface area (Å²) < 4.78 is 11.3. The second-order valence-electron chi connectivity index (χ2n) is 30.4. The SMILES string of the molecule is CC(=O)NCC1CCC(c2nc(-c3ccc4ccc(-c5ccccc5)nc4c3)c3c(N)nccn23)CC1.CCNC(=O)NCC1CCC(c2nc(-c3ccc4ccc(-c5ccccc5)nc4c3)c3c(N)nccn23)CC1.CCOC(=O)NCC1CCC(c2nc(-c3ccc4ccc(-c5ccccc5)nc4c3)c3c(N)nccn23)CC1. The smallest absolute Gasteiger partial charge is 0.407 e. The van der Waals surface area contributed by atoms with Crippen molar-refractivity contribution in [1.82, 2.24) is 79.3 Å². The van der Waals surface area contributed by atoms with E-state index in [0.29, 0.717) is 79.2 Å². The van der Waals surface area contributed by atoms with Gasteiger partial charge in [-0.15, -0.1) is 0 Å². The lowest BCUT2D eigenvalue weighted by atomic mass is 9.81. The Kier molecular flexibility index (Phi) is 22.7. The first-order valence-corrected chi connectivity index (χ1v) is 40.2. The van der Waals surface area contributed by atoms with Crippen LogP contribution in [0.1, 0.15) is 133 Å². The van der Waals surface area contributed by atoms with Crippen molar-refractivity contribution in [1.29, 1.82) is 0 Å². The monoisotopic (exact) mass is 1530 g/mol. The number of rotatable bonds is 17. The predicted molar refractivity (Wildman–Crippen MR) is 456 cm³/mol. The van der Waals surface area contributed by atoms with Crippen LogP contribution in [0.15, 0.2) is 219 Å². The van der Waals surface area contributed by atoms with Gasteiger partial charge in [-0.3, -0.25) is 18.0 Å². The van der Waals surface area contributed by atoms with Crippen molar-refractivity contribution in [2.75, 3.05) is 50.0 Å². The molecule has 0 unspecified atom stereocenters. The number of nitrogens with zero attached hydrogens (tertiary/aromatic N) is 12. The lowest BCUT2D eigenvalue weighted by Gasteiger charge is -2.28. The summed E-state index contributed by atoms with van der Waals surface area (Å²) in [5.74, 6) is 6.89. The summed E-state index contributed by atoms with van der Waals surface area (Å²) in [7, 11) is 0. The molecule has 9 aromatic heterocycles. The van der Waals surface area contributed by atoms with Crippen molar-refractivity contribution < 1.29 is 19.1 Å². The van der Waals surface area contributed by atoms with Crippen LogP contribution in [0.4, 0.5) is 27.0 Å². The van der Waals surface area contributed by atoms with E-state index in [-0.39, 0.29) is 18.0 Å². The van der Waals surface area contributed by atoms with E-state index in [4.69, 9.17) is 51.8 Å². The Bertz CT molecular complexity index is 5740. The van der Waals surface area contributed by atoms with Gasteiger partial charge < -0.3 is 43.2 Å². The Hall–Kier alpha value is -13.2. The number of alkyl carbamates (subject to hydrolysis) is 1. The Morgan fingerprint density at radius 1 is 0.383 bits per heavy atom. The third-order valence-electron chi connectivity index (χ3n) is 22.9. The number of nitrogens with one attached hydrogen (secondary N) is 4. The molecule has 115 heavy (non-hydrogen) atoms. The minimum absolute atomic E-state index is 0.0368. The molecule has 3 saturated carbocycles. The van der Waals surface area contributed by atoms with E-state index in [1.165, 1.54) is 0 Å². The van der Waals surface area contributed by atoms with Crippen LogP contribution in [0.25, 0.3) is 117 Å². The van der Waals surface area contributed by atoms with Gasteiger partial charge in [0.2, 0.25) is 5.91 Å². The molecule has 6 aromatic carbocycles. The number of pyridine rings is 3. The van der Waals surface area contributed by atoms with E-state index in [1.54, 1.807) is 25.5 Å². The Labute approximate surface area is 667 Å². The quantitative estimate of drug-likeness (QED) is 0.0445. The molecule has 582 valence electrons. The molecule has 0 aliphatic heterocycles. The van der Waals surface area contributed by atoms with Gasteiger partial charge in [-0.2, -0.15) is 0 Å². The van der Waals surface area contributed by atoms with E-state index in [0.717, 1.165) is 218 Å². The summed E-state index contributed by atoms with van der Waals surface area (Å²) in [5.41, 5.74) is 36.0. The van der Waals surface area contributed by atoms with E-state index < -0.39 is 0 Å². The number of carbonyl (C=O) groups excluding carboxylic acids is 3. The molecule has 10 N–H and O–H groups in total. The molecule has 15 aromatic rings. The highest BCUT2D eigenvalue weighted by Crippen LogP contribution is 2.43. The largest absolute Gasteiger partial charge is 0.450 e. The number of anilines is 3. The molecule has 3 aliphatic carbocycles. The average Bonchev–Trinajstić information content (AvgIpc) is 1.63. The third kappa shape index (κ3) is 16.8. The molecule has 23 nitrogen and oxygen atoms in total. The van der Waals surface area contributed by atoms with Gasteiger partial charge in [-0.25, -0.2) is 54.4 Å². The highest BCUT2D eigenvalue weighted by Gasteiger charge is 2.32. The predicted octanol–water partition coefficient (Wildman–Crippen LogP) is 17.6. The highest BCUT2D eigenvalue weighted by molar-refractivity contribution is 5.95. The summed E-state index contributed by atoms with van der Waals surface area (Å²) >= 11 is 0. The fraction of sp³-hybridized carbons (Fsp3) is 0.283. The molecule has 18 rings (SSSR count). The number of carbonyl (C=O) groups is 3. The van der Waals surface area contributed by atoms with Gasteiger partial charge in [0.25, 0.3) is 0 Å². The van der Waals surface area contributed by atoms with E-state index in [9.17, 15) is 14.4 Å². The fourth-order valence-electron chi connectivity index (χ4n) is 16.9. The molecule has 3 fully saturated rings. The van der Waals surface area contributed by atoms with Crippen molar-refractivity contribution in [3.8, 4) is 67.5 Å². The van der Waals surface area contributed by atoms with Crippen LogP contribution in [-0.4, -0.2) is 109 Å². The van der Waals surface area contributed by atoms with Crippen molar-refractivity contribution in [2.24, 2.45) is 17.8 Å². The number of ether oxygens (including phenoxy) is 1. The normalized spacial score (nSPS) is 17.5. The van der Waals surface area contributed by atoms with Crippen LogP contribution < -0.4 is 38.5 Å². The third-order valence-corrected chi connectivity index (χ3v) is 22.9. The molecular weight excluding hydrogens is 1440 g/mol. The van der Waals surface area contributed by atoms with Gasteiger partial charge in [0.15, 0.2) is 0 Å². The summed E-state index contributed by atoms with van der Waals surface area (Å²) in [6.45, 7) is 8.43. The van der Waals surface area contributed by atoms with Gasteiger partial charge in [0.1, 0.15) is 68.6 Å². The van der Waals surface area contributed by atoms with E-state index in [2.05, 4.69) is 177 Å². The summed E-state index contributed by atoms with van der Waals surface area (Å²) in [5, 5.41) is 14.9. The first-order valence-electron chi connectivity index (χ1n) is 40.2. The van der Waals surface area contributed by atoms with Crippen LogP contribution in [0.5, 0.6) is 0 Å². The van der Waals surface area contributed by atoms with Crippen LogP contribution in [0.3, 0.4) is 0 Å². The zero-order valence-corrected chi connectivity index (χ0v) is 65.0. The maximum atomic E-state index is 11.8. The lowest BCUT2D eigenvalue weighted by Crippen LogP contribution is -2.38. The molecule has 0 saturated heterocycles. The Balaban J connectivity index is 0.000000130. The number of aromatic nitrogens is 12. The molecule has 0 bridgehead atoms. The maximum Gasteiger partial charge on any atom is 0.407 e. The van der Waals surface area contributed by atoms with Crippen LogP contribution >= 0.6 is 0 Å². The number of urea groups is 1. The zero-order chi connectivity index (χ0) is 78.9. The topological polar surface area (TPSA) is 316 Å². The van der Waals surface area contributed by atoms with Crippen LogP contribution in [-0.2, 0) is 9.53 Å². The Morgan fingerprint density at radius 3 is 1.03 bits per heavy atom. The number of hydrogen-bond acceptors (Lipinski definition) is 16. The lowest BCUT2D eigenvalue weighted by molar-refractivity contribution is -0.119. The van der Waals surface area contributed by atoms with Crippen LogP contribution in [0.2, 0.25) is 0 Å². The van der Waals surface area contributed by atoms with E-state index in [1.807, 2.05) is 87.0 Å². The van der Waals surface area contributed by atoms with E-state index >= 15 is 0 Å². The standard InChI is InChI=1S/C31H33N7O.C31H32N6O2.C30H30N6O/c1-2-33-31(39)35-19-20-8-10-23(11-9-20)30-37-27(28-29(32)34-16-17-38(28)30)24-13-12-22-14-15-25(36-26(22)18-24)21-6-4-3-5-7-21;1-2-39-31(38)34-19-20-8-10-23(11-9-20)30-36-27(28-29(32)33-16-17-37(28)30)24-13-12-22-14-15-25(35-26(22)18-24)21-6-4-3-5-7-21;1-19(37)33-18-20-7-9-23(10-8-20)30-35-27(28-29(31)32-15-16-36(28)30)24-12-11-22-13-14-25(34-26(22)17-24)21-5-3-2-4-6-21/h3-7,12-18,20,23H,2,8-11,19H2,1H3,(H2,32,34)(H2,33,35,39);3-7,12-18,20,23H,2,8-11,19H2,1H3,(H2,32,33)(H,34,38);2-6,11-17,20,23H,7-10,18H2,1H3,(H2,31,32)(H,33,37). The van der Waals surface area contributed by atoms with Gasteiger partial charge in [-0.05, 0) is 145 Å². The minimum Gasteiger partial charge on any atom is -0.450 e. The molecular formula is C92H95N19O4. The number of amides is 4. The molecule has 4 amide bonds. The maximum absolute atomic E-state index is 11.8. The molecule has 9 heterocycles. The first kappa shape index (κ1) is 75.8. The molecule has 0 atom stereocenters. The number of benzene rings is 6. The number of nitrogen functional groups attached to an aromatic ring is 3. The van der Waals surface area contributed by atoms with Gasteiger partial charge in [0.05, 0.1) is 40.2 Å². The number of imidazole rings is 3. The fourth-order valence-corrected chi connectivity index (χ4v) is 16.9. The van der Waals surface area contributed by atoms with Crippen LogP contribution in [0, 0.1) is 17.8 Å². The van der Waals surface area contributed by atoms with Crippen molar-refractivity contribution in [3.05, 3.63) is 237 Å². The summed E-state index contributed by atoms with van der Waals surface area (Å²) in [6, 6.07) is 61.9. The average molecular weight is 1530 g/mol. The first-order chi connectivity index (χ1) is 56.3. The Morgan fingerprint density at radius 2 is 0.704 bits per heavy atom. The van der Waals surface area contributed by atoms with Crippen molar-refractivity contribution >= 4 is 84.7 Å². The summed E-state index contributed by atoms with van der Waals surface area (Å²) in [6.07, 6.45) is 23.1. The molecule has 0 radical (unpaired) electrons. The number of hydrogen-bond donors (Lipinski definition) is 7. The molecule has 3 aliphatic rings. The molecule has 23 heteroatoms. The summed E-state index contributed by atoms with van der Waals surface area (Å²) in [4.78, 5) is 78.4. The second-order valence-corrected chi connectivity index (χ2v) is 30.4. The number of nitrogens with two attached hydrogens (primary N) is 3.